The van der Waals surface area contributed by atoms with Crippen LogP contribution in [0.15, 0.2) is 54.3 Å². The molecule has 0 aromatic heterocycles. The Labute approximate surface area is 112 Å². The minimum Gasteiger partial charge on any atom is -0.374 e. The zero-order chi connectivity index (χ0) is 13.8. The number of rotatable bonds is 4. The van der Waals surface area contributed by atoms with Gasteiger partial charge in [0, 0.05) is 19.3 Å². The largest absolute Gasteiger partial charge is 0.374 e. The van der Waals surface area contributed by atoms with Crippen molar-refractivity contribution in [2.45, 2.75) is 34.2 Å². The lowest BCUT2D eigenvalue weighted by atomic mass is 9.87. The second-order valence-electron chi connectivity index (χ2n) is 5.90. The van der Waals surface area contributed by atoms with E-state index in [2.05, 4.69) is 76.6 Å². The molecule has 0 amide bonds. The van der Waals surface area contributed by atoms with Gasteiger partial charge in [-0.15, -0.1) is 0 Å². The molecule has 0 aliphatic rings. The van der Waals surface area contributed by atoms with Crippen molar-refractivity contribution in [3.05, 3.63) is 59.8 Å². The summed E-state index contributed by atoms with van der Waals surface area (Å²) in [4.78, 5) is 2.26. The van der Waals surface area contributed by atoms with E-state index in [1.807, 2.05) is 6.07 Å². The van der Waals surface area contributed by atoms with Crippen molar-refractivity contribution >= 4 is 0 Å². The Bertz CT molecular complexity index is 421. The molecule has 0 fully saturated rings. The Kier molecular flexibility index (Phi) is 4.77. The summed E-state index contributed by atoms with van der Waals surface area (Å²) in [5.74, 6) is 0. The molecule has 0 saturated carbocycles. The molecule has 0 aliphatic carbocycles. The summed E-state index contributed by atoms with van der Waals surface area (Å²) >= 11 is 0. The van der Waals surface area contributed by atoms with Gasteiger partial charge in [0.1, 0.15) is 0 Å². The van der Waals surface area contributed by atoms with Crippen LogP contribution in [0.5, 0.6) is 0 Å². The highest BCUT2D eigenvalue weighted by Gasteiger charge is 2.13. The Morgan fingerprint density at radius 3 is 2.28 bits per heavy atom. The maximum Gasteiger partial charge on any atom is 0.0423 e. The van der Waals surface area contributed by atoms with E-state index in [0.29, 0.717) is 0 Å². The first-order valence-corrected chi connectivity index (χ1v) is 6.43. The zero-order valence-electron chi connectivity index (χ0n) is 12.3. The van der Waals surface area contributed by atoms with Gasteiger partial charge >= 0.3 is 0 Å². The summed E-state index contributed by atoms with van der Waals surface area (Å²) in [6.45, 7) is 13.8. The molecule has 0 radical (unpaired) electrons. The summed E-state index contributed by atoms with van der Waals surface area (Å²) < 4.78 is 0. The van der Waals surface area contributed by atoms with E-state index in [4.69, 9.17) is 0 Å². The van der Waals surface area contributed by atoms with E-state index in [1.54, 1.807) is 0 Å². The van der Waals surface area contributed by atoms with Crippen molar-refractivity contribution in [2.24, 2.45) is 5.41 Å². The van der Waals surface area contributed by atoms with Gasteiger partial charge in [0.25, 0.3) is 0 Å². The van der Waals surface area contributed by atoms with E-state index in [9.17, 15) is 0 Å². The molecule has 0 spiro atoms. The fourth-order valence-corrected chi connectivity index (χ4v) is 1.56. The number of benzene rings is 1. The topological polar surface area (TPSA) is 3.24 Å². The van der Waals surface area contributed by atoms with Crippen LogP contribution < -0.4 is 0 Å². The third-order valence-electron chi connectivity index (χ3n) is 3.21. The molecule has 0 N–H and O–H groups in total. The predicted molar refractivity (Wildman–Crippen MR) is 80.3 cm³/mol. The van der Waals surface area contributed by atoms with Gasteiger partial charge in [-0.3, -0.25) is 0 Å². The summed E-state index contributed by atoms with van der Waals surface area (Å²) in [6.07, 6.45) is 2.18. The van der Waals surface area contributed by atoms with Gasteiger partial charge in [-0.05, 0) is 29.6 Å². The standard InChI is InChI=1S/C17H25N/c1-14(17(3,4)5)12-15(2)18(6)13-16-10-8-7-9-11-16/h7-12H,1,13H2,2-6H3/b15-12-. The molecule has 1 heteroatoms. The van der Waals surface area contributed by atoms with Crippen molar-refractivity contribution in [3.8, 4) is 0 Å². The highest BCUT2D eigenvalue weighted by Crippen LogP contribution is 2.26. The fourth-order valence-electron chi connectivity index (χ4n) is 1.56. The quantitative estimate of drug-likeness (QED) is 0.697. The normalized spacial score (nSPS) is 12.4. The summed E-state index contributed by atoms with van der Waals surface area (Å²) in [5.41, 5.74) is 3.88. The number of allylic oxidation sites excluding steroid dienone is 3. The van der Waals surface area contributed by atoms with E-state index < -0.39 is 0 Å². The van der Waals surface area contributed by atoms with Gasteiger partial charge in [-0.1, -0.05) is 57.7 Å². The van der Waals surface area contributed by atoms with Crippen molar-refractivity contribution in [1.29, 1.82) is 0 Å². The van der Waals surface area contributed by atoms with Crippen LogP contribution in [0.3, 0.4) is 0 Å². The Morgan fingerprint density at radius 2 is 1.78 bits per heavy atom. The monoisotopic (exact) mass is 243 g/mol. The lowest BCUT2D eigenvalue weighted by Crippen LogP contribution is -2.16. The van der Waals surface area contributed by atoms with Crippen LogP contribution in [-0.2, 0) is 6.54 Å². The van der Waals surface area contributed by atoms with E-state index in [1.165, 1.54) is 16.8 Å². The van der Waals surface area contributed by atoms with Gasteiger partial charge in [0.2, 0.25) is 0 Å². The lowest BCUT2D eigenvalue weighted by molar-refractivity contribution is 0.409. The molecule has 0 atom stereocenters. The fraction of sp³-hybridized carbons (Fsp3) is 0.412. The van der Waals surface area contributed by atoms with Crippen LogP contribution >= 0.6 is 0 Å². The predicted octanol–water partition coefficient (Wildman–Crippen LogP) is 4.62. The van der Waals surface area contributed by atoms with Crippen molar-refractivity contribution in [2.75, 3.05) is 7.05 Å². The maximum absolute atomic E-state index is 4.15. The zero-order valence-corrected chi connectivity index (χ0v) is 12.3. The second-order valence-corrected chi connectivity index (χ2v) is 5.90. The van der Waals surface area contributed by atoms with Crippen LogP contribution in [0, 0.1) is 5.41 Å². The third kappa shape index (κ3) is 4.40. The van der Waals surface area contributed by atoms with Crippen LogP contribution in [0.1, 0.15) is 33.3 Å². The smallest absolute Gasteiger partial charge is 0.0423 e. The molecule has 0 unspecified atom stereocenters. The average Bonchev–Trinajstić information content (AvgIpc) is 2.28. The van der Waals surface area contributed by atoms with Crippen LogP contribution in [0.25, 0.3) is 0 Å². The highest BCUT2D eigenvalue weighted by molar-refractivity contribution is 5.25. The molecular formula is C17H25N. The molecule has 1 aromatic rings. The minimum atomic E-state index is 0.134. The minimum absolute atomic E-state index is 0.134. The van der Waals surface area contributed by atoms with Gasteiger partial charge in [0.05, 0.1) is 0 Å². The number of hydrogen-bond donors (Lipinski definition) is 0. The molecule has 0 bridgehead atoms. The Balaban J connectivity index is 2.70. The molecule has 0 aliphatic heterocycles. The Morgan fingerprint density at radius 1 is 1.22 bits per heavy atom. The highest BCUT2D eigenvalue weighted by atomic mass is 15.1. The first-order valence-electron chi connectivity index (χ1n) is 6.43. The first kappa shape index (κ1) is 14.6. The first-order chi connectivity index (χ1) is 8.30. The van der Waals surface area contributed by atoms with Crippen LogP contribution in [0.2, 0.25) is 0 Å². The molecule has 0 heterocycles. The summed E-state index contributed by atoms with van der Waals surface area (Å²) in [7, 11) is 2.12. The molecular weight excluding hydrogens is 218 g/mol. The molecule has 1 nitrogen and oxygen atoms in total. The summed E-state index contributed by atoms with van der Waals surface area (Å²) in [5, 5.41) is 0. The molecule has 18 heavy (non-hydrogen) atoms. The Hall–Kier alpha value is -1.50. The van der Waals surface area contributed by atoms with Gasteiger partial charge in [0.15, 0.2) is 0 Å². The van der Waals surface area contributed by atoms with Crippen molar-refractivity contribution < 1.29 is 0 Å². The molecule has 98 valence electrons. The third-order valence-corrected chi connectivity index (χ3v) is 3.21. The van der Waals surface area contributed by atoms with Gasteiger partial charge in [-0.25, -0.2) is 0 Å². The second kappa shape index (κ2) is 5.90. The van der Waals surface area contributed by atoms with Crippen molar-refractivity contribution in [1.82, 2.24) is 4.90 Å². The van der Waals surface area contributed by atoms with E-state index in [-0.39, 0.29) is 5.41 Å². The van der Waals surface area contributed by atoms with Crippen LogP contribution in [0.4, 0.5) is 0 Å². The van der Waals surface area contributed by atoms with E-state index in [0.717, 1.165) is 6.54 Å². The number of nitrogens with zero attached hydrogens (tertiary/aromatic N) is 1. The average molecular weight is 243 g/mol. The van der Waals surface area contributed by atoms with Gasteiger partial charge < -0.3 is 4.90 Å². The molecule has 1 rings (SSSR count). The maximum atomic E-state index is 4.15. The molecule has 0 saturated heterocycles. The van der Waals surface area contributed by atoms with Crippen LogP contribution in [-0.4, -0.2) is 11.9 Å². The summed E-state index contributed by atoms with van der Waals surface area (Å²) in [6, 6.07) is 10.5. The lowest BCUT2D eigenvalue weighted by Gasteiger charge is -2.24. The molecule has 1 aromatic carbocycles. The van der Waals surface area contributed by atoms with E-state index >= 15 is 0 Å². The van der Waals surface area contributed by atoms with Gasteiger partial charge in [-0.2, -0.15) is 0 Å². The van der Waals surface area contributed by atoms with Crippen molar-refractivity contribution in [3.63, 3.8) is 0 Å². The number of hydrogen-bond acceptors (Lipinski definition) is 1. The SMILES string of the molecule is C=C(/C=C(/C)N(C)Cc1ccccc1)C(C)(C)C.